The summed E-state index contributed by atoms with van der Waals surface area (Å²) in [6.07, 6.45) is 9.24. The quantitative estimate of drug-likeness (QED) is 0.755. The molecule has 0 bridgehead atoms. The third-order valence-corrected chi connectivity index (χ3v) is 5.78. The van der Waals surface area contributed by atoms with Crippen LogP contribution in [0.15, 0.2) is 0 Å². The zero-order valence-corrected chi connectivity index (χ0v) is 13.9. The minimum Gasteiger partial charge on any atom is -0.329 e. The summed E-state index contributed by atoms with van der Waals surface area (Å²) in [5, 5.41) is 0. The summed E-state index contributed by atoms with van der Waals surface area (Å²) < 4.78 is 0. The van der Waals surface area contributed by atoms with Gasteiger partial charge < -0.3 is 5.73 Å². The second-order valence-electron chi connectivity index (χ2n) is 6.94. The zero-order valence-electron chi connectivity index (χ0n) is 13.9. The lowest BCUT2D eigenvalue weighted by Gasteiger charge is -2.49. The van der Waals surface area contributed by atoms with Gasteiger partial charge >= 0.3 is 0 Å². The van der Waals surface area contributed by atoms with Gasteiger partial charge in [0.05, 0.1) is 0 Å². The minimum atomic E-state index is 0.214. The first-order chi connectivity index (χ1) is 9.00. The molecule has 1 fully saturated rings. The maximum atomic E-state index is 6.23. The van der Waals surface area contributed by atoms with Crippen molar-refractivity contribution in [3.8, 4) is 0 Å². The monoisotopic (exact) mass is 268 g/mol. The number of likely N-dealkylation sites (N-methyl/N-ethyl adjacent to an activating group) is 1. The van der Waals surface area contributed by atoms with Gasteiger partial charge in [0.2, 0.25) is 0 Å². The van der Waals surface area contributed by atoms with Crippen molar-refractivity contribution >= 4 is 0 Å². The van der Waals surface area contributed by atoms with Gasteiger partial charge in [0.1, 0.15) is 0 Å². The standard InChI is InChI=1S/C17H36N2/c1-6-14(3)12-17(7-2,13-18)19(5)16-11-9-8-10-15(16)4/h14-16H,6-13,18H2,1-5H3. The molecule has 4 unspecified atom stereocenters. The van der Waals surface area contributed by atoms with Crippen molar-refractivity contribution in [3.05, 3.63) is 0 Å². The molecule has 114 valence electrons. The van der Waals surface area contributed by atoms with Gasteiger partial charge in [-0.2, -0.15) is 0 Å². The zero-order chi connectivity index (χ0) is 14.5. The number of nitrogens with two attached hydrogens (primary N) is 1. The van der Waals surface area contributed by atoms with Gasteiger partial charge in [-0.15, -0.1) is 0 Å². The van der Waals surface area contributed by atoms with Gasteiger partial charge in [-0.05, 0) is 44.6 Å². The Labute approximate surface area is 121 Å². The number of rotatable bonds is 7. The highest BCUT2D eigenvalue weighted by molar-refractivity contribution is 4.95. The van der Waals surface area contributed by atoms with Gasteiger partial charge in [-0.3, -0.25) is 4.90 Å². The third kappa shape index (κ3) is 3.95. The molecule has 1 aliphatic rings. The molecule has 4 atom stereocenters. The van der Waals surface area contributed by atoms with Crippen molar-refractivity contribution in [2.75, 3.05) is 13.6 Å². The fourth-order valence-corrected chi connectivity index (χ4v) is 3.93. The van der Waals surface area contributed by atoms with Crippen LogP contribution < -0.4 is 5.73 Å². The molecule has 2 heteroatoms. The second kappa shape index (κ2) is 7.64. The highest BCUT2D eigenvalue weighted by atomic mass is 15.2. The average molecular weight is 268 g/mol. The fraction of sp³-hybridized carbons (Fsp3) is 1.00. The van der Waals surface area contributed by atoms with Crippen LogP contribution in [0.5, 0.6) is 0 Å². The lowest BCUT2D eigenvalue weighted by Crippen LogP contribution is -2.58. The molecular formula is C17H36N2. The van der Waals surface area contributed by atoms with Crippen molar-refractivity contribution in [3.63, 3.8) is 0 Å². The van der Waals surface area contributed by atoms with E-state index < -0.39 is 0 Å². The van der Waals surface area contributed by atoms with Crippen molar-refractivity contribution in [1.82, 2.24) is 4.90 Å². The van der Waals surface area contributed by atoms with E-state index in [2.05, 4.69) is 39.6 Å². The Kier molecular flexibility index (Phi) is 6.82. The molecule has 0 aromatic rings. The highest BCUT2D eigenvalue weighted by Crippen LogP contribution is 2.35. The fourth-order valence-electron chi connectivity index (χ4n) is 3.93. The summed E-state index contributed by atoms with van der Waals surface area (Å²) in [6.45, 7) is 10.2. The molecule has 0 aromatic heterocycles. The van der Waals surface area contributed by atoms with E-state index in [4.69, 9.17) is 5.73 Å². The van der Waals surface area contributed by atoms with Gasteiger partial charge in [0.15, 0.2) is 0 Å². The smallest absolute Gasteiger partial charge is 0.0331 e. The van der Waals surface area contributed by atoms with Crippen LogP contribution in [0.2, 0.25) is 0 Å². The Hall–Kier alpha value is -0.0800. The van der Waals surface area contributed by atoms with Crippen LogP contribution in [0.25, 0.3) is 0 Å². The van der Waals surface area contributed by atoms with E-state index in [9.17, 15) is 0 Å². The van der Waals surface area contributed by atoms with Gasteiger partial charge in [-0.25, -0.2) is 0 Å². The van der Waals surface area contributed by atoms with E-state index in [1.54, 1.807) is 0 Å². The summed E-state index contributed by atoms with van der Waals surface area (Å²) in [6, 6.07) is 0.737. The first kappa shape index (κ1) is 17.0. The largest absolute Gasteiger partial charge is 0.329 e. The van der Waals surface area contributed by atoms with Gasteiger partial charge in [0, 0.05) is 18.1 Å². The molecule has 1 aliphatic carbocycles. The summed E-state index contributed by atoms with van der Waals surface area (Å²) >= 11 is 0. The average Bonchev–Trinajstić information content (AvgIpc) is 2.44. The molecule has 2 nitrogen and oxygen atoms in total. The van der Waals surface area contributed by atoms with Crippen LogP contribution in [-0.2, 0) is 0 Å². The van der Waals surface area contributed by atoms with Crippen molar-refractivity contribution in [2.24, 2.45) is 17.6 Å². The molecule has 0 amide bonds. The van der Waals surface area contributed by atoms with Crippen LogP contribution in [0, 0.1) is 11.8 Å². The number of hydrogen-bond donors (Lipinski definition) is 1. The van der Waals surface area contributed by atoms with Gasteiger partial charge in [0.25, 0.3) is 0 Å². The van der Waals surface area contributed by atoms with Crippen LogP contribution in [0.1, 0.15) is 72.6 Å². The molecule has 0 aromatic carbocycles. The Morgan fingerprint density at radius 3 is 2.37 bits per heavy atom. The normalized spacial score (nSPS) is 29.2. The van der Waals surface area contributed by atoms with Crippen molar-refractivity contribution in [2.45, 2.75) is 84.2 Å². The Balaban J connectivity index is 2.83. The Bertz CT molecular complexity index is 248. The SMILES string of the molecule is CCC(C)CC(CC)(CN)N(C)C1CCCCC1C. The molecule has 19 heavy (non-hydrogen) atoms. The van der Waals surface area contributed by atoms with E-state index in [0.717, 1.165) is 24.4 Å². The van der Waals surface area contributed by atoms with Crippen LogP contribution in [0.4, 0.5) is 0 Å². The van der Waals surface area contributed by atoms with Crippen LogP contribution >= 0.6 is 0 Å². The maximum absolute atomic E-state index is 6.23. The molecule has 1 rings (SSSR count). The Morgan fingerprint density at radius 2 is 1.89 bits per heavy atom. The minimum absolute atomic E-state index is 0.214. The molecule has 0 heterocycles. The third-order valence-electron chi connectivity index (χ3n) is 5.78. The maximum Gasteiger partial charge on any atom is 0.0331 e. The summed E-state index contributed by atoms with van der Waals surface area (Å²) in [7, 11) is 2.34. The molecule has 0 aliphatic heterocycles. The van der Waals surface area contributed by atoms with Crippen molar-refractivity contribution < 1.29 is 0 Å². The summed E-state index contributed by atoms with van der Waals surface area (Å²) in [4.78, 5) is 2.67. The van der Waals surface area contributed by atoms with Crippen LogP contribution in [0.3, 0.4) is 0 Å². The van der Waals surface area contributed by atoms with E-state index in [-0.39, 0.29) is 5.54 Å². The lowest BCUT2D eigenvalue weighted by molar-refractivity contribution is 0.0136. The van der Waals surface area contributed by atoms with Crippen molar-refractivity contribution in [1.29, 1.82) is 0 Å². The second-order valence-corrected chi connectivity index (χ2v) is 6.94. The Morgan fingerprint density at radius 1 is 1.26 bits per heavy atom. The number of hydrogen-bond acceptors (Lipinski definition) is 2. The molecular weight excluding hydrogens is 232 g/mol. The van der Waals surface area contributed by atoms with E-state index in [0.29, 0.717) is 0 Å². The topological polar surface area (TPSA) is 29.3 Å². The summed E-state index contributed by atoms with van der Waals surface area (Å²) in [5.41, 5.74) is 6.45. The van der Waals surface area contributed by atoms with E-state index in [1.165, 1.54) is 44.9 Å². The van der Waals surface area contributed by atoms with E-state index in [1.807, 2.05) is 0 Å². The molecule has 2 N–H and O–H groups in total. The highest BCUT2D eigenvalue weighted by Gasteiger charge is 2.38. The lowest BCUT2D eigenvalue weighted by atomic mass is 9.78. The molecule has 0 radical (unpaired) electrons. The molecule has 1 saturated carbocycles. The molecule has 0 spiro atoms. The predicted octanol–water partition coefficient (Wildman–Crippen LogP) is 4.04. The van der Waals surface area contributed by atoms with Crippen LogP contribution in [-0.4, -0.2) is 30.1 Å². The van der Waals surface area contributed by atoms with E-state index >= 15 is 0 Å². The predicted molar refractivity (Wildman–Crippen MR) is 85.3 cm³/mol. The first-order valence-corrected chi connectivity index (χ1v) is 8.43. The number of nitrogens with zero attached hydrogens (tertiary/aromatic N) is 1. The summed E-state index contributed by atoms with van der Waals surface area (Å²) in [5.74, 6) is 1.60. The first-order valence-electron chi connectivity index (χ1n) is 8.43. The van der Waals surface area contributed by atoms with Gasteiger partial charge in [-0.1, -0.05) is 47.0 Å². The molecule has 0 saturated heterocycles.